The molecule has 1 rings (SSSR count). The van der Waals surface area contributed by atoms with Crippen LogP contribution in [0.1, 0.15) is 19.5 Å². The van der Waals surface area contributed by atoms with Gasteiger partial charge in [0.2, 0.25) is 0 Å². The van der Waals surface area contributed by atoms with E-state index in [1.165, 1.54) is 20.1 Å². The lowest BCUT2D eigenvalue weighted by molar-refractivity contribution is 0.296. The van der Waals surface area contributed by atoms with Crippen LogP contribution in [-0.4, -0.2) is 12.1 Å². The molecule has 0 aliphatic carbocycles. The summed E-state index contributed by atoms with van der Waals surface area (Å²) >= 11 is 0. The van der Waals surface area contributed by atoms with Gasteiger partial charge in [-0.05, 0) is 32.1 Å². The third kappa shape index (κ3) is 4.13. The van der Waals surface area contributed by atoms with Crippen LogP contribution >= 0.6 is 0 Å². The first kappa shape index (κ1) is 14.1. The Balaban J connectivity index is 3.22. The predicted octanol–water partition coefficient (Wildman–Crippen LogP) is 4.19. The molecule has 0 aromatic carbocycles. The van der Waals surface area contributed by atoms with Gasteiger partial charge in [0.25, 0.3) is 0 Å². The zero-order valence-corrected chi connectivity index (χ0v) is 10.6. The van der Waals surface area contributed by atoms with Gasteiger partial charge < -0.3 is 4.74 Å². The highest BCUT2D eigenvalue weighted by atomic mass is 19.1. The van der Waals surface area contributed by atoms with Gasteiger partial charge in [0.15, 0.2) is 0 Å². The lowest BCUT2D eigenvalue weighted by atomic mass is 10.1. The quantitative estimate of drug-likeness (QED) is 0.591. The van der Waals surface area contributed by atoms with Crippen LogP contribution in [0.5, 0.6) is 0 Å². The molecule has 0 N–H and O–H groups in total. The minimum absolute atomic E-state index is 0.480. The van der Waals surface area contributed by atoms with Gasteiger partial charge >= 0.3 is 0 Å². The van der Waals surface area contributed by atoms with Gasteiger partial charge in [-0.2, -0.15) is 0 Å². The molecule has 0 amide bonds. The monoisotopic (exact) mass is 251 g/mol. The van der Waals surface area contributed by atoms with Crippen LogP contribution < -0.4 is 0 Å². The Labute approximate surface area is 105 Å². The molecule has 0 saturated heterocycles. The second kappa shape index (κ2) is 6.69. The van der Waals surface area contributed by atoms with E-state index in [1.807, 2.05) is 0 Å². The first-order valence-corrected chi connectivity index (χ1v) is 5.42. The Kier molecular flexibility index (Phi) is 5.24. The molecular formula is C14H15F2NO. The number of ether oxygens (including phenoxy) is 1. The fraction of sp³-hybridized carbons (Fsp3) is 0.214. The summed E-state index contributed by atoms with van der Waals surface area (Å²) < 4.78 is 31.2. The second-order valence-corrected chi connectivity index (χ2v) is 3.65. The fourth-order valence-corrected chi connectivity index (χ4v) is 1.36. The average molecular weight is 251 g/mol. The van der Waals surface area contributed by atoms with E-state index in [4.69, 9.17) is 4.74 Å². The molecule has 96 valence electrons. The van der Waals surface area contributed by atoms with Gasteiger partial charge in [0.1, 0.15) is 11.6 Å². The zero-order valence-electron chi connectivity index (χ0n) is 10.6. The van der Waals surface area contributed by atoms with Gasteiger partial charge in [0, 0.05) is 17.8 Å². The molecule has 0 bridgehead atoms. The van der Waals surface area contributed by atoms with E-state index in [-0.39, 0.29) is 0 Å². The smallest absolute Gasteiger partial charge is 0.126 e. The standard InChI is InChI=1S/C14H15F2NO/c1-10(15)8-12(16)9-13(11(2)18-3)14-6-4-5-7-17-14/h4-9H,1-3H3/b10-8+,12-9+,13-11-. The minimum atomic E-state index is -0.688. The summed E-state index contributed by atoms with van der Waals surface area (Å²) in [5, 5.41) is 0. The summed E-state index contributed by atoms with van der Waals surface area (Å²) in [7, 11) is 1.49. The van der Waals surface area contributed by atoms with E-state index in [0.29, 0.717) is 17.0 Å². The first-order valence-electron chi connectivity index (χ1n) is 5.42. The van der Waals surface area contributed by atoms with Crippen LogP contribution in [0, 0.1) is 0 Å². The molecule has 0 saturated carbocycles. The molecule has 2 nitrogen and oxygen atoms in total. The Morgan fingerprint density at radius 1 is 1.22 bits per heavy atom. The molecule has 18 heavy (non-hydrogen) atoms. The Morgan fingerprint density at radius 3 is 2.44 bits per heavy atom. The number of nitrogens with zero attached hydrogens (tertiary/aromatic N) is 1. The molecule has 4 heteroatoms. The van der Waals surface area contributed by atoms with Crippen LogP contribution in [0.2, 0.25) is 0 Å². The van der Waals surface area contributed by atoms with Crippen molar-refractivity contribution in [2.45, 2.75) is 13.8 Å². The lowest BCUT2D eigenvalue weighted by Crippen LogP contribution is -1.92. The van der Waals surface area contributed by atoms with Crippen LogP contribution in [0.25, 0.3) is 5.57 Å². The van der Waals surface area contributed by atoms with Crippen molar-refractivity contribution < 1.29 is 13.5 Å². The van der Waals surface area contributed by atoms with Crippen molar-refractivity contribution in [2.24, 2.45) is 0 Å². The van der Waals surface area contributed by atoms with Crippen molar-refractivity contribution in [3.8, 4) is 0 Å². The number of hydrogen-bond acceptors (Lipinski definition) is 2. The van der Waals surface area contributed by atoms with Crippen molar-refractivity contribution in [3.63, 3.8) is 0 Å². The van der Waals surface area contributed by atoms with Crippen LogP contribution in [0.4, 0.5) is 8.78 Å². The Hall–Kier alpha value is -1.97. The molecule has 0 radical (unpaired) electrons. The number of methoxy groups -OCH3 is 1. The van der Waals surface area contributed by atoms with Gasteiger partial charge in [-0.1, -0.05) is 6.07 Å². The molecular weight excluding hydrogens is 236 g/mol. The van der Waals surface area contributed by atoms with E-state index in [9.17, 15) is 8.78 Å². The van der Waals surface area contributed by atoms with Crippen molar-refractivity contribution in [3.05, 3.63) is 59.7 Å². The van der Waals surface area contributed by atoms with E-state index in [1.54, 1.807) is 31.3 Å². The van der Waals surface area contributed by atoms with Crippen LogP contribution in [0.3, 0.4) is 0 Å². The van der Waals surface area contributed by atoms with Gasteiger partial charge in [-0.25, -0.2) is 8.78 Å². The zero-order chi connectivity index (χ0) is 13.5. The van der Waals surface area contributed by atoms with E-state index >= 15 is 0 Å². The van der Waals surface area contributed by atoms with Crippen LogP contribution in [-0.2, 0) is 4.74 Å². The summed E-state index contributed by atoms with van der Waals surface area (Å²) in [4.78, 5) is 4.12. The topological polar surface area (TPSA) is 22.1 Å². The number of halogens is 2. The predicted molar refractivity (Wildman–Crippen MR) is 67.9 cm³/mol. The van der Waals surface area contributed by atoms with E-state index < -0.39 is 11.7 Å². The summed E-state index contributed by atoms with van der Waals surface area (Å²) in [5.74, 6) is -0.778. The number of allylic oxidation sites excluding steroid dienone is 6. The number of aromatic nitrogens is 1. The highest BCUT2D eigenvalue weighted by molar-refractivity contribution is 5.74. The normalized spacial score (nSPS) is 14.3. The van der Waals surface area contributed by atoms with Crippen molar-refractivity contribution in [1.82, 2.24) is 4.98 Å². The molecule has 0 spiro atoms. The fourth-order valence-electron chi connectivity index (χ4n) is 1.36. The maximum atomic E-state index is 13.5. The summed E-state index contributed by atoms with van der Waals surface area (Å²) in [6.07, 6.45) is 3.61. The summed E-state index contributed by atoms with van der Waals surface area (Å²) in [5.41, 5.74) is 1.05. The second-order valence-electron chi connectivity index (χ2n) is 3.65. The van der Waals surface area contributed by atoms with E-state index in [0.717, 1.165) is 6.08 Å². The highest BCUT2D eigenvalue weighted by Gasteiger charge is 2.06. The number of hydrogen-bond donors (Lipinski definition) is 0. The molecule has 1 aromatic heterocycles. The number of pyridine rings is 1. The average Bonchev–Trinajstić information content (AvgIpc) is 2.35. The lowest BCUT2D eigenvalue weighted by Gasteiger charge is -2.07. The molecule has 1 aromatic rings. The number of rotatable bonds is 4. The third-order valence-corrected chi connectivity index (χ3v) is 2.25. The summed E-state index contributed by atoms with van der Waals surface area (Å²) in [6, 6.07) is 5.27. The highest BCUT2D eigenvalue weighted by Crippen LogP contribution is 2.21. The van der Waals surface area contributed by atoms with Crippen molar-refractivity contribution >= 4 is 5.57 Å². The van der Waals surface area contributed by atoms with Crippen LogP contribution in [0.15, 0.2) is 54.0 Å². The van der Waals surface area contributed by atoms with Gasteiger partial charge in [-0.3, -0.25) is 4.98 Å². The SMILES string of the molecule is CO/C(C)=C(/C=C(F)\C=C(/C)F)c1ccccn1. The minimum Gasteiger partial charge on any atom is -0.501 e. The molecule has 0 fully saturated rings. The Morgan fingerprint density at radius 2 is 1.94 bits per heavy atom. The molecule has 1 heterocycles. The summed E-state index contributed by atoms with van der Waals surface area (Å²) in [6.45, 7) is 2.88. The Bertz CT molecular complexity index is 486. The van der Waals surface area contributed by atoms with Gasteiger partial charge in [-0.15, -0.1) is 0 Å². The largest absolute Gasteiger partial charge is 0.501 e. The molecule has 0 aliphatic rings. The van der Waals surface area contributed by atoms with Crippen molar-refractivity contribution in [1.29, 1.82) is 0 Å². The third-order valence-electron chi connectivity index (χ3n) is 2.25. The molecule has 0 aliphatic heterocycles. The maximum Gasteiger partial charge on any atom is 0.126 e. The molecule has 0 unspecified atom stereocenters. The van der Waals surface area contributed by atoms with Gasteiger partial charge in [0.05, 0.1) is 18.6 Å². The first-order chi connectivity index (χ1) is 8.54. The maximum absolute atomic E-state index is 13.5. The van der Waals surface area contributed by atoms with E-state index in [2.05, 4.69) is 4.98 Å². The van der Waals surface area contributed by atoms with Crippen molar-refractivity contribution in [2.75, 3.05) is 7.11 Å². The molecule has 0 atom stereocenters.